The molecule has 2 rings (SSSR count). The van der Waals surface area contributed by atoms with Crippen LogP contribution in [0.2, 0.25) is 10.0 Å². The molecule has 0 spiro atoms. The largest absolute Gasteiger partial charge is 0.336 e. The van der Waals surface area contributed by atoms with Crippen molar-refractivity contribution in [3.63, 3.8) is 0 Å². The lowest BCUT2D eigenvalue weighted by atomic mass is 10.3. The SMILES string of the molecule is CSC1SN(C(=O)Nc2ccc(Cl)c(Cl)c2)C=C1C#N. The molecular weight excluding hydrogens is 337 g/mol. The Hall–Kier alpha value is -1.00. The molecule has 1 atom stereocenters. The highest BCUT2D eigenvalue weighted by molar-refractivity contribution is 8.16. The lowest BCUT2D eigenvalue weighted by Crippen LogP contribution is -2.23. The molecule has 1 unspecified atom stereocenters. The maximum Gasteiger partial charge on any atom is 0.336 e. The summed E-state index contributed by atoms with van der Waals surface area (Å²) in [6.07, 6.45) is 3.43. The predicted octanol–water partition coefficient (Wildman–Crippen LogP) is 4.59. The second-order valence-electron chi connectivity index (χ2n) is 3.75. The zero-order valence-electron chi connectivity index (χ0n) is 10.3. The van der Waals surface area contributed by atoms with Gasteiger partial charge in [0.05, 0.1) is 21.7 Å². The number of rotatable bonds is 2. The minimum atomic E-state index is -0.335. The summed E-state index contributed by atoms with van der Waals surface area (Å²) >= 11 is 14.5. The Morgan fingerprint density at radius 3 is 2.80 bits per heavy atom. The lowest BCUT2D eigenvalue weighted by Gasteiger charge is -2.15. The average Bonchev–Trinajstić information content (AvgIpc) is 2.86. The first-order valence-corrected chi connectivity index (χ1v) is 8.30. The molecule has 0 aliphatic carbocycles. The van der Waals surface area contributed by atoms with Gasteiger partial charge in [-0.05, 0) is 36.4 Å². The van der Waals surface area contributed by atoms with E-state index in [0.29, 0.717) is 21.3 Å². The smallest absolute Gasteiger partial charge is 0.307 e. The second kappa shape index (κ2) is 6.64. The molecule has 2 amide bonds. The molecular formula is C12H9Cl2N3OS2. The topological polar surface area (TPSA) is 56.1 Å². The minimum Gasteiger partial charge on any atom is -0.307 e. The van der Waals surface area contributed by atoms with Gasteiger partial charge in [0.15, 0.2) is 0 Å². The van der Waals surface area contributed by atoms with Gasteiger partial charge >= 0.3 is 6.03 Å². The van der Waals surface area contributed by atoms with Gasteiger partial charge in [0.25, 0.3) is 0 Å². The number of carbonyl (C=O) groups excluding carboxylic acids is 1. The van der Waals surface area contributed by atoms with Gasteiger partial charge in [-0.2, -0.15) is 5.26 Å². The van der Waals surface area contributed by atoms with Crippen molar-refractivity contribution in [3.8, 4) is 6.07 Å². The van der Waals surface area contributed by atoms with E-state index in [4.69, 9.17) is 28.5 Å². The van der Waals surface area contributed by atoms with E-state index in [-0.39, 0.29) is 10.6 Å². The van der Waals surface area contributed by atoms with Crippen LogP contribution in [-0.2, 0) is 0 Å². The molecule has 0 radical (unpaired) electrons. The average molecular weight is 346 g/mol. The third-order valence-corrected chi connectivity index (χ3v) is 5.63. The van der Waals surface area contributed by atoms with Gasteiger partial charge < -0.3 is 5.32 Å². The van der Waals surface area contributed by atoms with Gasteiger partial charge in [-0.1, -0.05) is 23.2 Å². The van der Waals surface area contributed by atoms with E-state index in [0.717, 1.165) is 0 Å². The number of anilines is 1. The maximum atomic E-state index is 12.1. The third kappa shape index (κ3) is 3.36. The first-order chi connectivity index (χ1) is 9.55. The molecule has 1 aromatic carbocycles. The second-order valence-corrected chi connectivity index (χ2v) is 6.89. The Morgan fingerprint density at radius 1 is 1.50 bits per heavy atom. The van der Waals surface area contributed by atoms with Gasteiger partial charge in [0, 0.05) is 11.9 Å². The van der Waals surface area contributed by atoms with Gasteiger partial charge in [0.2, 0.25) is 0 Å². The molecule has 1 aliphatic heterocycles. The number of urea groups is 1. The Bertz CT molecular complexity index is 615. The van der Waals surface area contributed by atoms with Crippen molar-refractivity contribution in [3.05, 3.63) is 40.0 Å². The van der Waals surface area contributed by atoms with Crippen LogP contribution < -0.4 is 5.32 Å². The van der Waals surface area contributed by atoms with Crippen LogP contribution in [0.3, 0.4) is 0 Å². The zero-order chi connectivity index (χ0) is 14.7. The number of nitrogens with zero attached hydrogens (tertiary/aromatic N) is 2. The number of hydrogen-bond donors (Lipinski definition) is 1. The van der Waals surface area contributed by atoms with Crippen LogP contribution in [-0.4, -0.2) is 21.2 Å². The number of carbonyl (C=O) groups is 1. The molecule has 0 bridgehead atoms. The Morgan fingerprint density at radius 2 is 2.25 bits per heavy atom. The van der Waals surface area contributed by atoms with Crippen LogP contribution in [0.1, 0.15) is 0 Å². The number of amides is 2. The molecule has 0 fully saturated rings. The summed E-state index contributed by atoms with van der Waals surface area (Å²) in [7, 11) is 0. The highest BCUT2D eigenvalue weighted by atomic mass is 35.5. The summed E-state index contributed by atoms with van der Waals surface area (Å²) in [5, 5.41) is 12.5. The molecule has 1 N–H and O–H groups in total. The number of benzene rings is 1. The molecule has 0 saturated heterocycles. The van der Waals surface area contributed by atoms with Crippen molar-refractivity contribution in [1.29, 1.82) is 5.26 Å². The summed E-state index contributed by atoms with van der Waals surface area (Å²) < 4.78 is 1.35. The van der Waals surface area contributed by atoms with Crippen LogP contribution in [0.4, 0.5) is 10.5 Å². The maximum absolute atomic E-state index is 12.1. The van der Waals surface area contributed by atoms with Crippen LogP contribution in [0.15, 0.2) is 30.0 Å². The Labute approximate surface area is 135 Å². The van der Waals surface area contributed by atoms with E-state index in [9.17, 15) is 4.79 Å². The van der Waals surface area contributed by atoms with Crippen molar-refractivity contribution >= 4 is 58.6 Å². The van der Waals surface area contributed by atoms with E-state index in [1.54, 1.807) is 24.4 Å². The Kier molecular flexibility index (Phi) is 5.11. The fraction of sp³-hybridized carbons (Fsp3) is 0.167. The third-order valence-electron chi connectivity index (χ3n) is 2.43. The predicted molar refractivity (Wildman–Crippen MR) is 85.9 cm³/mol. The highest BCUT2D eigenvalue weighted by Crippen LogP contribution is 2.38. The number of halogens is 2. The number of nitrogens with one attached hydrogen (secondary N) is 1. The number of hydrogen-bond acceptors (Lipinski definition) is 4. The van der Waals surface area contributed by atoms with Crippen molar-refractivity contribution < 1.29 is 4.79 Å². The first-order valence-electron chi connectivity index (χ1n) is 5.42. The Balaban J connectivity index is 2.08. The molecule has 8 heteroatoms. The van der Waals surface area contributed by atoms with E-state index in [1.165, 1.54) is 28.0 Å². The molecule has 20 heavy (non-hydrogen) atoms. The van der Waals surface area contributed by atoms with Crippen molar-refractivity contribution in [2.75, 3.05) is 11.6 Å². The molecule has 1 aromatic rings. The summed E-state index contributed by atoms with van der Waals surface area (Å²) in [6, 6.07) is 6.60. The number of nitriles is 1. The monoisotopic (exact) mass is 345 g/mol. The minimum absolute atomic E-state index is 0.0560. The normalized spacial score (nSPS) is 17.6. The summed E-state index contributed by atoms with van der Waals surface area (Å²) in [6.45, 7) is 0. The first kappa shape index (κ1) is 15.4. The molecule has 0 saturated carbocycles. The van der Waals surface area contributed by atoms with Crippen molar-refractivity contribution in [2.45, 2.75) is 4.58 Å². The zero-order valence-corrected chi connectivity index (χ0v) is 13.4. The van der Waals surface area contributed by atoms with Gasteiger partial charge in [-0.25, -0.2) is 9.10 Å². The van der Waals surface area contributed by atoms with Gasteiger partial charge in [0.1, 0.15) is 4.58 Å². The summed E-state index contributed by atoms with van der Waals surface area (Å²) in [5.41, 5.74) is 1.11. The van der Waals surface area contributed by atoms with E-state index in [2.05, 4.69) is 11.4 Å². The van der Waals surface area contributed by atoms with E-state index < -0.39 is 0 Å². The lowest BCUT2D eigenvalue weighted by molar-refractivity contribution is 0.245. The molecule has 4 nitrogen and oxygen atoms in total. The van der Waals surface area contributed by atoms with Crippen molar-refractivity contribution in [1.82, 2.24) is 4.31 Å². The molecule has 104 valence electrons. The highest BCUT2D eigenvalue weighted by Gasteiger charge is 2.28. The summed E-state index contributed by atoms with van der Waals surface area (Å²) in [5.74, 6) is 0. The van der Waals surface area contributed by atoms with Crippen LogP contribution >= 0.6 is 46.9 Å². The number of thioether (sulfide) groups is 1. The fourth-order valence-corrected chi connectivity index (χ4v) is 3.53. The summed E-state index contributed by atoms with van der Waals surface area (Å²) in [4.78, 5) is 12.1. The van der Waals surface area contributed by atoms with Crippen molar-refractivity contribution in [2.24, 2.45) is 0 Å². The van der Waals surface area contributed by atoms with E-state index >= 15 is 0 Å². The fourth-order valence-electron chi connectivity index (χ4n) is 1.49. The standard InChI is InChI=1S/C12H9Cl2N3OS2/c1-19-11-7(5-15)6-17(20-11)12(18)16-8-2-3-9(13)10(14)4-8/h2-4,6,11H,1H3,(H,16,18). The molecule has 0 aromatic heterocycles. The van der Waals surface area contributed by atoms with Crippen LogP contribution in [0.5, 0.6) is 0 Å². The van der Waals surface area contributed by atoms with Crippen LogP contribution in [0, 0.1) is 11.3 Å². The van der Waals surface area contributed by atoms with Gasteiger partial charge in [-0.15, -0.1) is 11.8 Å². The van der Waals surface area contributed by atoms with Gasteiger partial charge in [-0.3, -0.25) is 0 Å². The molecule has 1 aliphatic rings. The van der Waals surface area contributed by atoms with Crippen LogP contribution in [0.25, 0.3) is 0 Å². The molecule has 1 heterocycles. The van der Waals surface area contributed by atoms with E-state index in [1.807, 2.05) is 6.26 Å². The quantitative estimate of drug-likeness (QED) is 0.796.